The third-order valence-electron chi connectivity index (χ3n) is 3.48. The monoisotopic (exact) mass is 462 g/mol. The van der Waals surface area contributed by atoms with Gasteiger partial charge in [-0.3, -0.25) is 4.79 Å². The smallest absolute Gasteiger partial charge is 0.241 e. The van der Waals surface area contributed by atoms with Crippen LogP contribution < -0.4 is 20.7 Å². The molecule has 25 heavy (non-hydrogen) atoms. The highest BCUT2D eigenvalue weighted by atomic mass is 127. The summed E-state index contributed by atoms with van der Waals surface area (Å²) >= 11 is 0. The quantitative estimate of drug-likeness (QED) is 0.299. The van der Waals surface area contributed by atoms with Gasteiger partial charge in [0.25, 0.3) is 0 Å². The molecule has 142 valence electrons. The Hall–Kier alpha value is -1.51. The summed E-state index contributed by atoms with van der Waals surface area (Å²) in [5.74, 6) is 1.50. The minimum atomic E-state index is -0.0580. The molecule has 1 rings (SSSR count). The predicted octanol–water partition coefficient (Wildman–Crippen LogP) is 2.25. The van der Waals surface area contributed by atoms with Gasteiger partial charge in [0, 0.05) is 19.6 Å². The lowest BCUT2D eigenvalue weighted by Gasteiger charge is -2.12. The highest BCUT2D eigenvalue weighted by Crippen LogP contribution is 2.18. The maximum atomic E-state index is 11.6. The van der Waals surface area contributed by atoms with E-state index in [9.17, 15) is 4.79 Å². The molecule has 0 heterocycles. The summed E-state index contributed by atoms with van der Waals surface area (Å²) in [6.45, 7) is 8.35. The number of amides is 1. The first-order chi connectivity index (χ1) is 11.6. The number of halogens is 1. The lowest BCUT2D eigenvalue weighted by Crippen LogP contribution is -2.39. The Bertz CT molecular complexity index is 550. The van der Waals surface area contributed by atoms with Gasteiger partial charge in [-0.15, -0.1) is 24.0 Å². The molecule has 0 aliphatic heterocycles. The maximum Gasteiger partial charge on any atom is 0.241 e. The van der Waals surface area contributed by atoms with Crippen molar-refractivity contribution in [2.45, 2.75) is 33.6 Å². The zero-order valence-electron chi connectivity index (χ0n) is 15.6. The summed E-state index contributed by atoms with van der Waals surface area (Å²) in [5, 5.41) is 9.21. The van der Waals surface area contributed by atoms with Gasteiger partial charge in [0.15, 0.2) is 5.96 Å². The average Bonchev–Trinajstić information content (AvgIpc) is 2.59. The van der Waals surface area contributed by atoms with Gasteiger partial charge in [-0.2, -0.15) is 0 Å². The number of carbonyl (C=O) groups excluding carboxylic acids is 1. The van der Waals surface area contributed by atoms with Gasteiger partial charge in [0.2, 0.25) is 5.91 Å². The Kier molecular flexibility index (Phi) is 12.9. The van der Waals surface area contributed by atoms with Gasteiger partial charge in [-0.1, -0.05) is 19.1 Å². The summed E-state index contributed by atoms with van der Waals surface area (Å²) in [7, 11) is 1.68. The molecule has 0 saturated carbocycles. The van der Waals surface area contributed by atoms with E-state index in [0.29, 0.717) is 12.5 Å². The zero-order chi connectivity index (χ0) is 17.8. The van der Waals surface area contributed by atoms with Crippen LogP contribution in [0.4, 0.5) is 0 Å². The predicted molar refractivity (Wildman–Crippen MR) is 114 cm³/mol. The molecule has 0 spiro atoms. The van der Waals surface area contributed by atoms with E-state index in [1.54, 1.807) is 7.11 Å². The lowest BCUT2D eigenvalue weighted by atomic mass is 10.1. The number of methoxy groups -OCH3 is 1. The molecule has 0 fully saturated rings. The van der Waals surface area contributed by atoms with E-state index in [4.69, 9.17) is 4.74 Å². The molecule has 0 unspecified atom stereocenters. The second kappa shape index (κ2) is 13.7. The van der Waals surface area contributed by atoms with Crippen molar-refractivity contribution < 1.29 is 9.53 Å². The Morgan fingerprint density at radius 2 is 1.92 bits per heavy atom. The van der Waals surface area contributed by atoms with Crippen molar-refractivity contribution in [2.75, 3.05) is 33.3 Å². The first kappa shape index (κ1) is 23.5. The van der Waals surface area contributed by atoms with Gasteiger partial charge < -0.3 is 20.7 Å². The minimum Gasteiger partial charge on any atom is -0.496 e. The third-order valence-corrected chi connectivity index (χ3v) is 3.48. The van der Waals surface area contributed by atoms with Crippen molar-refractivity contribution in [2.24, 2.45) is 4.99 Å². The third kappa shape index (κ3) is 9.52. The van der Waals surface area contributed by atoms with Crippen LogP contribution in [-0.2, 0) is 11.2 Å². The van der Waals surface area contributed by atoms with E-state index >= 15 is 0 Å². The van der Waals surface area contributed by atoms with Crippen LogP contribution in [0.25, 0.3) is 0 Å². The molecule has 1 amide bonds. The Morgan fingerprint density at radius 1 is 1.16 bits per heavy atom. The van der Waals surface area contributed by atoms with Crippen molar-refractivity contribution >= 4 is 35.8 Å². The molecular formula is C18H31IN4O2. The van der Waals surface area contributed by atoms with Crippen LogP contribution in [0.15, 0.2) is 23.2 Å². The molecule has 0 aliphatic rings. The Balaban J connectivity index is 0.00000576. The molecule has 0 saturated heterocycles. The van der Waals surface area contributed by atoms with E-state index in [1.807, 2.05) is 20.8 Å². The van der Waals surface area contributed by atoms with Crippen LogP contribution in [0.2, 0.25) is 0 Å². The molecule has 1 aromatic carbocycles. The van der Waals surface area contributed by atoms with Gasteiger partial charge in [-0.25, -0.2) is 4.99 Å². The topological polar surface area (TPSA) is 74.8 Å². The number of hydrogen-bond donors (Lipinski definition) is 3. The number of benzene rings is 1. The lowest BCUT2D eigenvalue weighted by molar-refractivity contribution is -0.119. The van der Waals surface area contributed by atoms with Crippen LogP contribution in [0.5, 0.6) is 5.75 Å². The van der Waals surface area contributed by atoms with E-state index in [-0.39, 0.29) is 36.4 Å². The van der Waals surface area contributed by atoms with E-state index < -0.39 is 0 Å². The fourth-order valence-electron chi connectivity index (χ4n) is 2.16. The Labute approximate surface area is 168 Å². The SMILES string of the molecule is CCCNC(=O)CN=C(NCC)NCCc1ccc(C)c(OC)c1.I. The second-order valence-corrected chi connectivity index (χ2v) is 5.53. The van der Waals surface area contributed by atoms with E-state index in [2.05, 4.69) is 39.1 Å². The average molecular weight is 462 g/mol. The number of aryl methyl sites for hydroxylation is 1. The Morgan fingerprint density at radius 3 is 2.56 bits per heavy atom. The van der Waals surface area contributed by atoms with Crippen molar-refractivity contribution in [3.05, 3.63) is 29.3 Å². The molecule has 0 atom stereocenters. The van der Waals surface area contributed by atoms with Gasteiger partial charge in [0.1, 0.15) is 12.3 Å². The van der Waals surface area contributed by atoms with Crippen LogP contribution in [0, 0.1) is 6.92 Å². The van der Waals surface area contributed by atoms with Crippen LogP contribution >= 0.6 is 24.0 Å². The summed E-state index contributed by atoms with van der Waals surface area (Å²) in [6.07, 6.45) is 1.77. The molecule has 7 heteroatoms. The fraction of sp³-hybridized carbons (Fsp3) is 0.556. The highest BCUT2D eigenvalue weighted by molar-refractivity contribution is 14.0. The summed E-state index contributed by atoms with van der Waals surface area (Å²) < 4.78 is 5.35. The van der Waals surface area contributed by atoms with E-state index in [1.165, 1.54) is 5.56 Å². The number of nitrogens with one attached hydrogen (secondary N) is 3. The number of rotatable bonds is 9. The van der Waals surface area contributed by atoms with Gasteiger partial charge in [0.05, 0.1) is 7.11 Å². The van der Waals surface area contributed by atoms with Crippen molar-refractivity contribution in [1.82, 2.24) is 16.0 Å². The summed E-state index contributed by atoms with van der Waals surface area (Å²) in [6, 6.07) is 6.21. The normalized spacial score (nSPS) is 10.6. The van der Waals surface area contributed by atoms with Gasteiger partial charge in [-0.05, 0) is 43.9 Å². The van der Waals surface area contributed by atoms with Crippen LogP contribution in [0.3, 0.4) is 0 Å². The number of carbonyl (C=O) groups is 1. The second-order valence-electron chi connectivity index (χ2n) is 5.53. The van der Waals surface area contributed by atoms with Crippen molar-refractivity contribution in [1.29, 1.82) is 0 Å². The molecule has 6 nitrogen and oxygen atoms in total. The number of guanidine groups is 1. The molecule has 0 bridgehead atoms. The van der Waals surface area contributed by atoms with E-state index in [0.717, 1.165) is 37.2 Å². The highest BCUT2D eigenvalue weighted by Gasteiger charge is 2.03. The minimum absolute atomic E-state index is 0. The van der Waals surface area contributed by atoms with Crippen LogP contribution in [-0.4, -0.2) is 45.2 Å². The molecule has 0 aromatic heterocycles. The number of nitrogens with zero attached hydrogens (tertiary/aromatic N) is 1. The summed E-state index contributed by atoms with van der Waals surface area (Å²) in [4.78, 5) is 15.9. The van der Waals surface area contributed by atoms with Crippen molar-refractivity contribution in [3.63, 3.8) is 0 Å². The molecule has 3 N–H and O–H groups in total. The number of aliphatic imine (C=N–C) groups is 1. The molecule has 1 aromatic rings. The molecule has 0 aliphatic carbocycles. The van der Waals surface area contributed by atoms with Crippen LogP contribution in [0.1, 0.15) is 31.4 Å². The molecule has 0 radical (unpaired) electrons. The number of ether oxygens (including phenoxy) is 1. The zero-order valence-corrected chi connectivity index (χ0v) is 18.0. The van der Waals surface area contributed by atoms with Crippen molar-refractivity contribution in [3.8, 4) is 5.75 Å². The first-order valence-electron chi connectivity index (χ1n) is 8.53. The number of hydrogen-bond acceptors (Lipinski definition) is 3. The van der Waals surface area contributed by atoms with Gasteiger partial charge >= 0.3 is 0 Å². The molecular weight excluding hydrogens is 431 g/mol. The maximum absolute atomic E-state index is 11.6. The summed E-state index contributed by atoms with van der Waals surface area (Å²) in [5.41, 5.74) is 2.32. The fourth-order valence-corrected chi connectivity index (χ4v) is 2.16. The standard InChI is InChI=1S/C18H30N4O2.HI/c1-5-10-20-17(23)13-22-18(19-6-2)21-11-9-15-8-7-14(3)16(12-15)24-4;/h7-8,12H,5-6,9-11,13H2,1-4H3,(H,20,23)(H2,19,21,22);1H. The first-order valence-corrected chi connectivity index (χ1v) is 8.53. The largest absolute Gasteiger partial charge is 0.496 e.